The number of ether oxygens (including phenoxy) is 1. The molecule has 29 heavy (non-hydrogen) atoms. The Morgan fingerprint density at radius 3 is 2.28 bits per heavy atom. The van der Waals surface area contributed by atoms with Crippen molar-refractivity contribution in [2.75, 3.05) is 25.1 Å². The van der Waals surface area contributed by atoms with Crippen molar-refractivity contribution in [3.05, 3.63) is 95.6 Å². The van der Waals surface area contributed by atoms with Crippen molar-refractivity contribution in [3.63, 3.8) is 0 Å². The maximum atomic E-state index is 12.0. The minimum Gasteiger partial charge on any atom is -0.465 e. The molecule has 0 amide bonds. The van der Waals surface area contributed by atoms with Crippen molar-refractivity contribution in [2.24, 2.45) is 0 Å². The zero-order valence-corrected chi connectivity index (χ0v) is 16.7. The van der Waals surface area contributed by atoms with E-state index in [9.17, 15) is 4.79 Å². The zero-order chi connectivity index (χ0) is 20.1. The maximum absolute atomic E-state index is 12.0. The molecule has 146 valence electrons. The zero-order valence-electron chi connectivity index (χ0n) is 16.7. The molecule has 0 spiro atoms. The van der Waals surface area contributed by atoms with Crippen LogP contribution in [0.3, 0.4) is 0 Å². The number of carbonyl (C=O) groups excluding carboxylic acids is 1. The average molecular weight is 383 g/mol. The molecule has 0 aromatic heterocycles. The van der Waals surface area contributed by atoms with E-state index >= 15 is 0 Å². The Hall–Kier alpha value is -3.33. The summed E-state index contributed by atoms with van der Waals surface area (Å²) < 4.78 is 4.92. The molecule has 3 aromatic carbocycles. The van der Waals surface area contributed by atoms with Crippen molar-refractivity contribution in [1.29, 1.82) is 0 Å². The number of nitrogens with zero attached hydrogens (tertiary/aromatic N) is 1. The minimum absolute atomic E-state index is 0.285. The molecule has 4 rings (SSSR count). The fourth-order valence-corrected chi connectivity index (χ4v) is 3.93. The van der Waals surface area contributed by atoms with E-state index in [-0.39, 0.29) is 5.97 Å². The monoisotopic (exact) mass is 383 g/mol. The average Bonchev–Trinajstić information content (AvgIpc) is 2.80. The van der Waals surface area contributed by atoms with Gasteiger partial charge in [0.05, 0.1) is 12.7 Å². The topological polar surface area (TPSA) is 29.5 Å². The number of benzene rings is 3. The van der Waals surface area contributed by atoms with Gasteiger partial charge < -0.3 is 9.64 Å². The smallest absolute Gasteiger partial charge is 0.338 e. The van der Waals surface area contributed by atoms with Crippen LogP contribution in [-0.4, -0.2) is 26.2 Å². The SMILES string of the molecule is COC(=O)c1ccccc1C=C1CCN(c2ccccc2-c2ccccc2)CC1. The van der Waals surface area contributed by atoms with E-state index < -0.39 is 0 Å². The number of piperidine rings is 1. The lowest BCUT2D eigenvalue weighted by Gasteiger charge is -2.32. The molecule has 0 atom stereocenters. The van der Waals surface area contributed by atoms with Gasteiger partial charge in [0, 0.05) is 24.3 Å². The van der Waals surface area contributed by atoms with Gasteiger partial charge in [0.2, 0.25) is 0 Å². The Bertz CT molecular complexity index is 1010. The molecule has 1 fully saturated rings. The van der Waals surface area contributed by atoms with Crippen LogP contribution in [-0.2, 0) is 4.74 Å². The van der Waals surface area contributed by atoms with Gasteiger partial charge in [-0.1, -0.05) is 78.4 Å². The molecule has 0 unspecified atom stereocenters. The Morgan fingerprint density at radius 1 is 0.862 bits per heavy atom. The summed E-state index contributed by atoms with van der Waals surface area (Å²) in [5.41, 5.74) is 6.74. The number of hydrogen-bond acceptors (Lipinski definition) is 3. The van der Waals surface area contributed by atoms with Crippen LogP contribution in [0.25, 0.3) is 17.2 Å². The Morgan fingerprint density at radius 2 is 1.52 bits per heavy atom. The number of para-hydroxylation sites is 1. The van der Waals surface area contributed by atoms with Gasteiger partial charge in [-0.25, -0.2) is 4.79 Å². The molecule has 0 radical (unpaired) electrons. The predicted octanol–water partition coefficient (Wildman–Crippen LogP) is 5.82. The van der Waals surface area contributed by atoms with E-state index in [0.717, 1.165) is 31.5 Å². The lowest BCUT2D eigenvalue weighted by Crippen LogP contribution is -2.30. The summed E-state index contributed by atoms with van der Waals surface area (Å²) in [6.07, 6.45) is 4.13. The van der Waals surface area contributed by atoms with Crippen LogP contribution in [0.4, 0.5) is 5.69 Å². The van der Waals surface area contributed by atoms with E-state index in [0.29, 0.717) is 5.56 Å². The highest BCUT2D eigenvalue weighted by atomic mass is 16.5. The number of rotatable bonds is 4. The Kier molecular flexibility index (Phi) is 5.76. The van der Waals surface area contributed by atoms with Gasteiger partial charge in [0.25, 0.3) is 0 Å². The third-order valence-corrected chi connectivity index (χ3v) is 5.46. The molecule has 0 bridgehead atoms. The first kappa shape index (κ1) is 19.0. The second-order valence-electron chi connectivity index (χ2n) is 7.25. The standard InChI is InChI=1S/C26H25NO2/c1-29-26(28)24-13-6-5-11-22(24)19-20-15-17-27(18-16-20)25-14-8-7-12-23(25)21-9-3-2-4-10-21/h2-14,19H,15-18H2,1H3. The fraction of sp³-hybridized carbons (Fsp3) is 0.192. The molecule has 0 N–H and O–H groups in total. The quantitative estimate of drug-likeness (QED) is 0.531. The summed E-state index contributed by atoms with van der Waals surface area (Å²) in [7, 11) is 1.43. The molecule has 3 heteroatoms. The molecular weight excluding hydrogens is 358 g/mol. The van der Waals surface area contributed by atoms with E-state index in [1.807, 2.05) is 24.3 Å². The van der Waals surface area contributed by atoms with E-state index in [4.69, 9.17) is 4.74 Å². The predicted molar refractivity (Wildman–Crippen MR) is 119 cm³/mol. The van der Waals surface area contributed by atoms with Crippen LogP contribution < -0.4 is 4.90 Å². The van der Waals surface area contributed by atoms with E-state index in [1.165, 1.54) is 29.5 Å². The van der Waals surface area contributed by atoms with Crippen LogP contribution in [0.1, 0.15) is 28.8 Å². The lowest BCUT2D eigenvalue weighted by molar-refractivity contribution is 0.0600. The highest BCUT2D eigenvalue weighted by Gasteiger charge is 2.18. The summed E-state index contributed by atoms with van der Waals surface area (Å²) >= 11 is 0. The van der Waals surface area contributed by atoms with Crippen molar-refractivity contribution in [2.45, 2.75) is 12.8 Å². The summed E-state index contributed by atoms with van der Waals surface area (Å²) in [5.74, 6) is -0.285. The van der Waals surface area contributed by atoms with Crippen LogP contribution in [0, 0.1) is 0 Å². The van der Waals surface area contributed by atoms with Crippen LogP contribution in [0.5, 0.6) is 0 Å². The summed E-state index contributed by atoms with van der Waals surface area (Å²) in [6, 6.07) is 26.8. The lowest BCUT2D eigenvalue weighted by atomic mass is 9.96. The van der Waals surface area contributed by atoms with Crippen molar-refractivity contribution in [3.8, 4) is 11.1 Å². The molecule has 0 aliphatic carbocycles. The van der Waals surface area contributed by atoms with Gasteiger partial charge in [-0.15, -0.1) is 0 Å². The third kappa shape index (κ3) is 4.24. The van der Waals surface area contributed by atoms with E-state index in [1.54, 1.807) is 0 Å². The van der Waals surface area contributed by atoms with Crippen molar-refractivity contribution in [1.82, 2.24) is 0 Å². The molecule has 1 heterocycles. The second kappa shape index (κ2) is 8.78. The minimum atomic E-state index is -0.285. The Balaban J connectivity index is 1.53. The molecule has 1 aliphatic heterocycles. The molecular formula is C26H25NO2. The van der Waals surface area contributed by atoms with Gasteiger partial charge in [-0.2, -0.15) is 0 Å². The molecule has 1 saturated heterocycles. The van der Waals surface area contributed by atoms with Gasteiger partial charge in [0.15, 0.2) is 0 Å². The number of carbonyl (C=O) groups is 1. The van der Waals surface area contributed by atoms with Gasteiger partial charge in [-0.3, -0.25) is 0 Å². The van der Waals surface area contributed by atoms with E-state index in [2.05, 4.69) is 65.6 Å². The largest absolute Gasteiger partial charge is 0.465 e. The van der Waals surface area contributed by atoms with Crippen LogP contribution in [0.2, 0.25) is 0 Å². The summed E-state index contributed by atoms with van der Waals surface area (Å²) in [5, 5.41) is 0. The molecule has 1 aliphatic rings. The molecule has 3 aromatic rings. The molecule has 0 saturated carbocycles. The third-order valence-electron chi connectivity index (χ3n) is 5.46. The number of methoxy groups -OCH3 is 1. The summed E-state index contributed by atoms with van der Waals surface area (Å²) in [4.78, 5) is 14.5. The fourth-order valence-electron chi connectivity index (χ4n) is 3.93. The molecule has 3 nitrogen and oxygen atoms in total. The van der Waals surface area contributed by atoms with Gasteiger partial charge in [0.1, 0.15) is 0 Å². The van der Waals surface area contributed by atoms with Crippen LogP contribution in [0.15, 0.2) is 84.4 Å². The number of hydrogen-bond donors (Lipinski definition) is 0. The van der Waals surface area contributed by atoms with Crippen LogP contribution >= 0.6 is 0 Å². The van der Waals surface area contributed by atoms with Gasteiger partial charge >= 0.3 is 5.97 Å². The first-order chi connectivity index (χ1) is 14.3. The Labute approximate surface area is 172 Å². The highest BCUT2D eigenvalue weighted by Crippen LogP contribution is 2.33. The second-order valence-corrected chi connectivity index (χ2v) is 7.25. The maximum Gasteiger partial charge on any atom is 0.338 e. The van der Waals surface area contributed by atoms with Crippen molar-refractivity contribution >= 4 is 17.7 Å². The first-order valence-corrected chi connectivity index (χ1v) is 10.0. The first-order valence-electron chi connectivity index (χ1n) is 10.0. The number of esters is 1. The number of anilines is 1. The summed E-state index contributed by atoms with van der Waals surface area (Å²) in [6.45, 7) is 1.94. The van der Waals surface area contributed by atoms with Crippen molar-refractivity contribution < 1.29 is 9.53 Å². The van der Waals surface area contributed by atoms with Gasteiger partial charge in [-0.05, 0) is 36.1 Å². The highest BCUT2D eigenvalue weighted by molar-refractivity contribution is 5.93. The normalized spacial score (nSPS) is 13.8.